The minimum atomic E-state index is 0.488. The zero-order valence-electron chi connectivity index (χ0n) is 9.26. The first kappa shape index (κ1) is 10.7. The van der Waals surface area contributed by atoms with Crippen LogP contribution in [0.2, 0.25) is 0 Å². The number of nitrogens with zero attached hydrogens (tertiary/aromatic N) is 3. The summed E-state index contributed by atoms with van der Waals surface area (Å²) in [5.41, 5.74) is 0.674. The monoisotopic (exact) mass is 221 g/mol. The van der Waals surface area contributed by atoms with Gasteiger partial charge in [-0.15, -0.1) is 0 Å². The second-order valence-corrected chi connectivity index (χ2v) is 3.71. The van der Waals surface area contributed by atoms with Crippen molar-refractivity contribution in [1.29, 1.82) is 0 Å². The van der Waals surface area contributed by atoms with Crippen LogP contribution in [0.1, 0.15) is 18.4 Å². The molecule has 0 atom stereocenters. The highest BCUT2D eigenvalue weighted by molar-refractivity contribution is 5.82. The molecular weight excluding hydrogens is 206 g/mol. The van der Waals surface area contributed by atoms with Crippen molar-refractivity contribution in [2.75, 3.05) is 25.1 Å². The van der Waals surface area contributed by atoms with E-state index < -0.39 is 0 Å². The van der Waals surface area contributed by atoms with E-state index >= 15 is 0 Å². The van der Waals surface area contributed by atoms with E-state index in [2.05, 4.69) is 15.0 Å². The standard InChI is InChI=1S/C11H15N3O2/c1-16-11-9(8-12-15)4-5-10(13-11)14-6-2-3-7-14/h4-5,8,15H,2-3,6-7H2,1H3/b12-8-. The molecule has 1 N–H and O–H groups in total. The van der Waals surface area contributed by atoms with Crippen molar-refractivity contribution in [3.8, 4) is 5.88 Å². The van der Waals surface area contributed by atoms with E-state index in [1.54, 1.807) is 7.11 Å². The normalized spacial score (nSPS) is 15.9. The van der Waals surface area contributed by atoms with Crippen LogP contribution in [0.15, 0.2) is 17.3 Å². The van der Waals surface area contributed by atoms with Crippen molar-refractivity contribution in [2.45, 2.75) is 12.8 Å². The van der Waals surface area contributed by atoms with Gasteiger partial charge in [-0.2, -0.15) is 4.98 Å². The van der Waals surface area contributed by atoms with Crippen LogP contribution in [0.4, 0.5) is 5.82 Å². The van der Waals surface area contributed by atoms with E-state index in [4.69, 9.17) is 9.94 Å². The minimum Gasteiger partial charge on any atom is -0.480 e. The summed E-state index contributed by atoms with van der Waals surface area (Å²) < 4.78 is 5.16. The molecule has 0 spiro atoms. The smallest absolute Gasteiger partial charge is 0.224 e. The molecule has 2 rings (SSSR count). The van der Waals surface area contributed by atoms with E-state index in [-0.39, 0.29) is 0 Å². The predicted octanol–water partition coefficient (Wildman–Crippen LogP) is 1.50. The quantitative estimate of drug-likeness (QED) is 0.477. The molecule has 0 bridgehead atoms. The first-order valence-corrected chi connectivity index (χ1v) is 5.32. The summed E-state index contributed by atoms with van der Waals surface area (Å²) in [5.74, 6) is 1.41. The number of hydrogen-bond donors (Lipinski definition) is 1. The number of methoxy groups -OCH3 is 1. The van der Waals surface area contributed by atoms with Crippen molar-refractivity contribution in [2.24, 2.45) is 5.16 Å². The maximum atomic E-state index is 8.50. The molecule has 1 aromatic rings. The summed E-state index contributed by atoms with van der Waals surface area (Å²) in [6.07, 6.45) is 3.74. The first-order chi connectivity index (χ1) is 7.85. The summed E-state index contributed by atoms with van der Waals surface area (Å²) in [4.78, 5) is 6.62. The maximum Gasteiger partial charge on any atom is 0.224 e. The lowest BCUT2D eigenvalue weighted by Crippen LogP contribution is -2.19. The fraction of sp³-hybridized carbons (Fsp3) is 0.455. The van der Waals surface area contributed by atoms with Gasteiger partial charge in [-0.3, -0.25) is 0 Å². The van der Waals surface area contributed by atoms with Crippen LogP contribution < -0.4 is 9.64 Å². The number of rotatable bonds is 3. The van der Waals surface area contributed by atoms with Crippen molar-refractivity contribution in [1.82, 2.24) is 4.98 Å². The molecule has 86 valence electrons. The molecule has 1 aliphatic heterocycles. The molecular formula is C11H15N3O2. The van der Waals surface area contributed by atoms with Crippen LogP contribution >= 0.6 is 0 Å². The largest absolute Gasteiger partial charge is 0.480 e. The van der Waals surface area contributed by atoms with Gasteiger partial charge in [-0.1, -0.05) is 5.16 Å². The van der Waals surface area contributed by atoms with Crippen LogP contribution in [0.3, 0.4) is 0 Å². The van der Waals surface area contributed by atoms with Gasteiger partial charge in [0, 0.05) is 13.1 Å². The summed E-state index contributed by atoms with van der Waals surface area (Å²) in [7, 11) is 1.56. The second kappa shape index (κ2) is 4.83. The average Bonchev–Trinajstić information content (AvgIpc) is 2.83. The van der Waals surface area contributed by atoms with Gasteiger partial charge in [0.15, 0.2) is 0 Å². The lowest BCUT2D eigenvalue weighted by Gasteiger charge is -2.17. The summed E-state index contributed by atoms with van der Waals surface area (Å²) in [5, 5.41) is 11.5. The summed E-state index contributed by atoms with van der Waals surface area (Å²) >= 11 is 0. The zero-order valence-corrected chi connectivity index (χ0v) is 9.26. The van der Waals surface area contributed by atoms with Crippen molar-refractivity contribution in [3.05, 3.63) is 17.7 Å². The van der Waals surface area contributed by atoms with Crippen LogP contribution in [0.25, 0.3) is 0 Å². The lowest BCUT2D eigenvalue weighted by molar-refractivity contribution is 0.321. The molecule has 0 saturated carbocycles. The Labute approximate surface area is 94.4 Å². The van der Waals surface area contributed by atoms with E-state index in [1.165, 1.54) is 19.1 Å². The molecule has 1 aliphatic rings. The van der Waals surface area contributed by atoms with E-state index in [1.807, 2.05) is 12.1 Å². The predicted molar refractivity (Wildman–Crippen MR) is 61.6 cm³/mol. The highest BCUT2D eigenvalue weighted by Gasteiger charge is 2.15. The highest BCUT2D eigenvalue weighted by Crippen LogP contribution is 2.22. The molecule has 1 fully saturated rings. The molecule has 0 unspecified atom stereocenters. The van der Waals surface area contributed by atoms with Gasteiger partial charge in [0.25, 0.3) is 0 Å². The molecule has 16 heavy (non-hydrogen) atoms. The van der Waals surface area contributed by atoms with Gasteiger partial charge in [-0.05, 0) is 25.0 Å². The number of aromatic nitrogens is 1. The first-order valence-electron chi connectivity index (χ1n) is 5.32. The van der Waals surface area contributed by atoms with Gasteiger partial charge in [0.05, 0.1) is 18.9 Å². The second-order valence-electron chi connectivity index (χ2n) is 3.71. The number of oxime groups is 1. The Morgan fingerprint density at radius 3 is 2.81 bits per heavy atom. The average molecular weight is 221 g/mol. The van der Waals surface area contributed by atoms with Crippen LogP contribution in [0, 0.1) is 0 Å². The van der Waals surface area contributed by atoms with Gasteiger partial charge in [0.2, 0.25) is 5.88 Å². The maximum absolute atomic E-state index is 8.50. The van der Waals surface area contributed by atoms with Gasteiger partial charge in [0.1, 0.15) is 5.82 Å². The SMILES string of the molecule is COc1nc(N2CCCC2)ccc1/C=N\O. The van der Waals surface area contributed by atoms with Crippen LogP contribution in [-0.4, -0.2) is 36.6 Å². The molecule has 0 aromatic carbocycles. The van der Waals surface area contributed by atoms with E-state index in [0.29, 0.717) is 11.4 Å². The Hall–Kier alpha value is -1.78. The molecule has 1 saturated heterocycles. The molecule has 0 amide bonds. The van der Waals surface area contributed by atoms with Gasteiger partial charge in [-0.25, -0.2) is 0 Å². The number of ether oxygens (including phenoxy) is 1. The van der Waals surface area contributed by atoms with Crippen molar-refractivity contribution < 1.29 is 9.94 Å². The Bertz CT molecular complexity index is 387. The summed E-state index contributed by atoms with van der Waals surface area (Å²) in [6.45, 7) is 2.09. The van der Waals surface area contributed by atoms with Gasteiger partial charge < -0.3 is 14.8 Å². The Morgan fingerprint density at radius 2 is 2.19 bits per heavy atom. The van der Waals surface area contributed by atoms with Gasteiger partial charge >= 0.3 is 0 Å². The van der Waals surface area contributed by atoms with Crippen molar-refractivity contribution >= 4 is 12.0 Å². The highest BCUT2D eigenvalue weighted by atomic mass is 16.5. The Kier molecular flexibility index (Phi) is 3.24. The third-order valence-corrected chi connectivity index (χ3v) is 2.70. The summed E-state index contributed by atoms with van der Waals surface area (Å²) in [6, 6.07) is 3.77. The fourth-order valence-corrected chi connectivity index (χ4v) is 1.89. The third-order valence-electron chi connectivity index (χ3n) is 2.70. The Balaban J connectivity index is 2.28. The molecule has 1 aromatic heterocycles. The van der Waals surface area contributed by atoms with Crippen LogP contribution in [-0.2, 0) is 0 Å². The van der Waals surface area contributed by atoms with E-state index in [0.717, 1.165) is 18.9 Å². The van der Waals surface area contributed by atoms with E-state index in [9.17, 15) is 0 Å². The van der Waals surface area contributed by atoms with Crippen LogP contribution in [0.5, 0.6) is 5.88 Å². The Morgan fingerprint density at radius 1 is 1.44 bits per heavy atom. The van der Waals surface area contributed by atoms with Crippen molar-refractivity contribution in [3.63, 3.8) is 0 Å². The zero-order chi connectivity index (χ0) is 11.4. The molecule has 5 nitrogen and oxygen atoms in total. The molecule has 0 aliphatic carbocycles. The minimum absolute atomic E-state index is 0.488. The molecule has 2 heterocycles. The lowest BCUT2D eigenvalue weighted by atomic mass is 10.3. The number of pyridine rings is 1. The number of hydrogen-bond acceptors (Lipinski definition) is 5. The topological polar surface area (TPSA) is 58.0 Å². The number of anilines is 1. The third kappa shape index (κ3) is 2.08. The molecule has 0 radical (unpaired) electrons. The molecule has 5 heteroatoms. The fourth-order valence-electron chi connectivity index (χ4n) is 1.89.